The number of hydrogen-bond donors (Lipinski definition) is 1. The molecular weight excluding hydrogens is 328 g/mol. The van der Waals surface area contributed by atoms with Gasteiger partial charge < -0.3 is 19.7 Å². The summed E-state index contributed by atoms with van der Waals surface area (Å²) in [6, 6.07) is 13.0. The van der Waals surface area contributed by atoms with Gasteiger partial charge in [0.25, 0.3) is 5.91 Å². The molecule has 0 aliphatic carbocycles. The van der Waals surface area contributed by atoms with Crippen LogP contribution in [0.25, 0.3) is 0 Å². The van der Waals surface area contributed by atoms with Crippen LogP contribution in [-0.2, 0) is 0 Å². The van der Waals surface area contributed by atoms with Crippen LogP contribution in [0.15, 0.2) is 42.5 Å². The molecule has 0 saturated heterocycles. The maximum atomic E-state index is 12.5. The molecule has 140 valence electrons. The van der Waals surface area contributed by atoms with Crippen LogP contribution in [0.1, 0.15) is 31.1 Å². The van der Waals surface area contributed by atoms with Crippen LogP contribution in [0, 0.1) is 5.92 Å². The summed E-state index contributed by atoms with van der Waals surface area (Å²) in [5.74, 6) is 1.48. The molecule has 0 aliphatic rings. The Hall–Kier alpha value is -2.69. The number of amides is 1. The van der Waals surface area contributed by atoms with Crippen LogP contribution in [0.3, 0.4) is 0 Å². The molecule has 0 aromatic heterocycles. The zero-order valence-electron chi connectivity index (χ0n) is 16.2. The summed E-state index contributed by atoms with van der Waals surface area (Å²) in [6.07, 6.45) is 0. The first-order valence-electron chi connectivity index (χ1n) is 8.89. The zero-order chi connectivity index (χ0) is 19.1. The van der Waals surface area contributed by atoms with Crippen LogP contribution < -0.4 is 19.7 Å². The first-order valence-corrected chi connectivity index (χ1v) is 8.89. The molecule has 0 fully saturated rings. The lowest BCUT2D eigenvalue weighted by molar-refractivity contribution is 0.102. The molecule has 0 bridgehead atoms. The molecule has 0 aliphatic heterocycles. The van der Waals surface area contributed by atoms with Crippen molar-refractivity contribution in [3.05, 3.63) is 48.0 Å². The van der Waals surface area contributed by atoms with Crippen molar-refractivity contribution in [1.82, 2.24) is 0 Å². The first kappa shape index (κ1) is 19.6. The van der Waals surface area contributed by atoms with Crippen LogP contribution in [-0.4, -0.2) is 33.2 Å². The van der Waals surface area contributed by atoms with Crippen molar-refractivity contribution in [2.45, 2.75) is 20.8 Å². The molecule has 1 amide bonds. The van der Waals surface area contributed by atoms with Gasteiger partial charge in [-0.2, -0.15) is 0 Å². The lowest BCUT2D eigenvalue weighted by atomic mass is 10.1. The van der Waals surface area contributed by atoms with Crippen molar-refractivity contribution in [3.8, 4) is 11.5 Å². The molecule has 0 spiro atoms. The zero-order valence-corrected chi connectivity index (χ0v) is 16.2. The van der Waals surface area contributed by atoms with Gasteiger partial charge in [-0.15, -0.1) is 0 Å². The minimum Gasteiger partial charge on any atom is -0.490 e. The van der Waals surface area contributed by atoms with Crippen molar-refractivity contribution >= 4 is 17.3 Å². The number of benzene rings is 2. The maximum Gasteiger partial charge on any atom is 0.255 e. The number of carbonyl (C=O) groups excluding carboxylic acids is 1. The third kappa shape index (κ3) is 5.41. The fourth-order valence-electron chi connectivity index (χ4n) is 2.34. The van der Waals surface area contributed by atoms with E-state index >= 15 is 0 Å². The predicted octanol–water partition coefficient (Wildman–Crippen LogP) is 4.44. The predicted molar refractivity (Wildman–Crippen MR) is 107 cm³/mol. The number of anilines is 2. The van der Waals surface area contributed by atoms with E-state index < -0.39 is 0 Å². The van der Waals surface area contributed by atoms with E-state index in [9.17, 15) is 4.79 Å². The standard InChI is InChI=1S/C21H28N2O3/c1-6-25-20-13-16(7-12-19(20)26-14-15(2)3)21(24)22-17-8-10-18(11-9-17)23(4)5/h7-13,15H,6,14H2,1-5H3,(H,22,24). The Balaban J connectivity index is 2.13. The minimum absolute atomic E-state index is 0.182. The van der Waals surface area contributed by atoms with Gasteiger partial charge in [-0.05, 0) is 55.3 Å². The maximum absolute atomic E-state index is 12.5. The summed E-state index contributed by atoms with van der Waals surface area (Å²) >= 11 is 0. The van der Waals surface area contributed by atoms with Gasteiger partial charge in [0.15, 0.2) is 11.5 Å². The Morgan fingerprint density at radius 2 is 1.73 bits per heavy atom. The van der Waals surface area contributed by atoms with Crippen LogP contribution in [0.2, 0.25) is 0 Å². The highest BCUT2D eigenvalue weighted by molar-refractivity contribution is 6.04. The number of nitrogens with zero attached hydrogens (tertiary/aromatic N) is 1. The van der Waals surface area contributed by atoms with Gasteiger partial charge in [0.05, 0.1) is 13.2 Å². The molecule has 0 saturated carbocycles. The molecular formula is C21H28N2O3. The van der Waals surface area contributed by atoms with Gasteiger partial charge >= 0.3 is 0 Å². The second kappa shape index (κ2) is 9.13. The molecule has 2 rings (SSSR count). The lowest BCUT2D eigenvalue weighted by Crippen LogP contribution is -2.13. The van der Waals surface area contributed by atoms with Crippen molar-refractivity contribution in [2.75, 3.05) is 37.5 Å². The minimum atomic E-state index is -0.182. The highest BCUT2D eigenvalue weighted by Crippen LogP contribution is 2.29. The van der Waals surface area contributed by atoms with Crippen LogP contribution >= 0.6 is 0 Å². The Morgan fingerprint density at radius 1 is 1.04 bits per heavy atom. The molecule has 1 N–H and O–H groups in total. The SMILES string of the molecule is CCOc1cc(C(=O)Nc2ccc(N(C)C)cc2)ccc1OCC(C)C. The molecule has 26 heavy (non-hydrogen) atoms. The van der Waals surface area contributed by atoms with E-state index in [-0.39, 0.29) is 5.91 Å². The van der Waals surface area contributed by atoms with E-state index in [0.29, 0.717) is 36.2 Å². The van der Waals surface area contributed by atoms with Gasteiger partial charge in [-0.3, -0.25) is 4.79 Å². The van der Waals surface area contributed by atoms with Crippen LogP contribution in [0.5, 0.6) is 11.5 Å². The number of carbonyl (C=O) groups is 1. The molecule has 0 radical (unpaired) electrons. The van der Waals surface area contributed by atoms with Gasteiger partial charge in [-0.1, -0.05) is 13.8 Å². The van der Waals surface area contributed by atoms with Gasteiger partial charge in [0.1, 0.15) is 0 Å². The van der Waals surface area contributed by atoms with Crippen molar-refractivity contribution < 1.29 is 14.3 Å². The van der Waals surface area contributed by atoms with E-state index in [1.165, 1.54) is 0 Å². The average Bonchev–Trinajstić information content (AvgIpc) is 2.61. The monoisotopic (exact) mass is 356 g/mol. The first-order chi connectivity index (χ1) is 12.4. The van der Waals surface area contributed by atoms with E-state index in [4.69, 9.17) is 9.47 Å². The summed E-state index contributed by atoms with van der Waals surface area (Å²) < 4.78 is 11.4. The largest absolute Gasteiger partial charge is 0.490 e. The molecule has 2 aromatic carbocycles. The van der Waals surface area contributed by atoms with E-state index in [2.05, 4.69) is 19.2 Å². The fourth-order valence-corrected chi connectivity index (χ4v) is 2.34. The highest BCUT2D eigenvalue weighted by Gasteiger charge is 2.12. The lowest BCUT2D eigenvalue weighted by Gasteiger charge is -2.15. The topological polar surface area (TPSA) is 50.8 Å². The quantitative estimate of drug-likeness (QED) is 0.760. The van der Waals surface area contributed by atoms with E-state index in [0.717, 1.165) is 11.4 Å². The number of ether oxygens (including phenoxy) is 2. The summed E-state index contributed by atoms with van der Waals surface area (Å²) in [5, 5.41) is 2.91. The summed E-state index contributed by atoms with van der Waals surface area (Å²) in [6.45, 7) is 7.19. The third-order valence-electron chi connectivity index (χ3n) is 3.72. The van der Waals surface area contributed by atoms with Crippen LogP contribution in [0.4, 0.5) is 11.4 Å². The number of rotatable bonds is 8. The molecule has 2 aromatic rings. The van der Waals surface area contributed by atoms with E-state index in [1.807, 2.05) is 50.2 Å². The summed E-state index contributed by atoms with van der Waals surface area (Å²) in [7, 11) is 3.96. The normalized spacial score (nSPS) is 10.5. The second-order valence-electron chi connectivity index (χ2n) is 6.69. The molecule has 5 nitrogen and oxygen atoms in total. The summed E-state index contributed by atoms with van der Waals surface area (Å²) in [5.41, 5.74) is 2.36. The van der Waals surface area contributed by atoms with Crippen molar-refractivity contribution in [1.29, 1.82) is 0 Å². The van der Waals surface area contributed by atoms with Gasteiger partial charge in [0.2, 0.25) is 0 Å². The Morgan fingerprint density at radius 3 is 2.31 bits per heavy atom. The molecule has 0 atom stereocenters. The number of hydrogen-bond acceptors (Lipinski definition) is 4. The second-order valence-corrected chi connectivity index (χ2v) is 6.69. The van der Waals surface area contributed by atoms with Crippen molar-refractivity contribution in [2.24, 2.45) is 5.92 Å². The van der Waals surface area contributed by atoms with Gasteiger partial charge in [0, 0.05) is 31.0 Å². The molecule has 5 heteroatoms. The summed E-state index contributed by atoms with van der Waals surface area (Å²) in [4.78, 5) is 14.6. The molecule has 0 unspecified atom stereocenters. The third-order valence-corrected chi connectivity index (χ3v) is 3.72. The smallest absolute Gasteiger partial charge is 0.255 e. The van der Waals surface area contributed by atoms with Crippen molar-refractivity contribution in [3.63, 3.8) is 0 Å². The number of nitrogens with one attached hydrogen (secondary N) is 1. The molecule has 0 heterocycles. The Bertz CT molecular complexity index is 725. The highest BCUT2D eigenvalue weighted by atomic mass is 16.5. The fraction of sp³-hybridized carbons (Fsp3) is 0.381. The Labute approximate surface area is 155 Å². The van der Waals surface area contributed by atoms with Gasteiger partial charge in [-0.25, -0.2) is 0 Å². The average molecular weight is 356 g/mol. The Kier molecular flexibility index (Phi) is 6.89. The van der Waals surface area contributed by atoms with E-state index in [1.54, 1.807) is 18.2 Å².